The molecule has 0 aliphatic carbocycles. The SMILES string of the molecule is Cn1ccc2c(NC3=CC(=O)NC3)cccc21. The van der Waals surface area contributed by atoms with Gasteiger partial charge in [0.1, 0.15) is 0 Å². The summed E-state index contributed by atoms with van der Waals surface area (Å²) in [6.45, 7) is 0.571. The second kappa shape index (κ2) is 3.66. The second-order valence-corrected chi connectivity index (χ2v) is 4.18. The third kappa shape index (κ3) is 1.67. The lowest BCUT2D eigenvalue weighted by Gasteiger charge is -2.08. The van der Waals surface area contributed by atoms with Crippen molar-refractivity contribution in [2.75, 3.05) is 11.9 Å². The standard InChI is InChI=1S/C13H13N3O/c1-16-6-5-10-11(3-2-4-12(10)16)15-9-7-13(17)14-8-9/h2-7,15H,8H2,1H3,(H,14,17). The van der Waals surface area contributed by atoms with E-state index in [1.807, 2.05) is 25.4 Å². The van der Waals surface area contributed by atoms with Crippen molar-refractivity contribution in [1.82, 2.24) is 9.88 Å². The van der Waals surface area contributed by atoms with Gasteiger partial charge in [0.2, 0.25) is 5.91 Å². The van der Waals surface area contributed by atoms with Crippen LogP contribution in [0.15, 0.2) is 42.2 Å². The molecule has 0 atom stereocenters. The molecule has 1 aliphatic rings. The van der Waals surface area contributed by atoms with Gasteiger partial charge in [-0.2, -0.15) is 0 Å². The molecule has 0 spiro atoms. The van der Waals surface area contributed by atoms with Gasteiger partial charge in [-0.25, -0.2) is 0 Å². The van der Waals surface area contributed by atoms with Gasteiger partial charge in [0.15, 0.2) is 0 Å². The minimum absolute atomic E-state index is 0.0345. The normalized spacial score (nSPS) is 14.9. The predicted octanol–water partition coefficient (Wildman–Crippen LogP) is 1.60. The molecule has 4 heteroatoms. The molecule has 0 unspecified atom stereocenters. The predicted molar refractivity (Wildman–Crippen MR) is 67.6 cm³/mol. The Bertz CT molecular complexity index is 625. The minimum Gasteiger partial charge on any atom is -0.357 e. The van der Waals surface area contributed by atoms with E-state index in [9.17, 15) is 4.79 Å². The molecule has 2 N–H and O–H groups in total. The smallest absolute Gasteiger partial charge is 0.246 e. The van der Waals surface area contributed by atoms with Gasteiger partial charge in [-0.15, -0.1) is 0 Å². The highest BCUT2D eigenvalue weighted by molar-refractivity contribution is 5.95. The largest absolute Gasteiger partial charge is 0.357 e. The number of hydrogen-bond donors (Lipinski definition) is 2. The number of carbonyl (C=O) groups is 1. The van der Waals surface area contributed by atoms with Crippen LogP contribution in [0.1, 0.15) is 0 Å². The summed E-state index contributed by atoms with van der Waals surface area (Å²) in [5.41, 5.74) is 3.12. The van der Waals surface area contributed by atoms with Gasteiger partial charge in [0.25, 0.3) is 0 Å². The number of anilines is 1. The van der Waals surface area contributed by atoms with E-state index in [4.69, 9.17) is 0 Å². The fraction of sp³-hybridized carbons (Fsp3) is 0.154. The van der Waals surface area contributed by atoms with Crippen LogP contribution < -0.4 is 10.6 Å². The molecule has 0 saturated carbocycles. The molecule has 0 radical (unpaired) electrons. The zero-order valence-corrected chi connectivity index (χ0v) is 9.53. The molecule has 2 aromatic rings. The molecule has 1 amide bonds. The Morgan fingerprint density at radius 3 is 3.00 bits per heavy atom. The maximum atomic E-state index is 11.1. The van der Waals surface area contributed by atoms with Crippen LogP contribution in [0.25, 0.3) is 10.9 Å². The van der Waals surface area contributed by atoms with Crippen LogP contribution in [0, 0.1) is 0 Å². The number of fused-ring (bicyclic) bond motifs is 1. The number of rotatable bonds is 2. The van der Waals surface area contributed by atoms with Crippen molar-refractivity contribution in [3.05, 3.63) is 42.2 Å². The molecule has 86 valence electrons. The average Bonchev–Trinajstić information content (AvgIpc) is 2.88. The highest BCUT2D eigenvalue weighted by Crippen LogP contribution is 2.25. The molecule has 2 heterocycles. The van der Waals surface area contributed by atoms with Crippen molar-refractivity contribution in [2.45, 2.75) is 0 Å². The average molecular weight is 227 g/mol. The number of amides is 1. The Morgan fingerprint density at radius 2 is 2.24 bits per heavy atom. The van der Waals surface area contributed by atoms with E-state index in [2.05, 4.69) is 27.3 Å². The topological polar surface area (TPSA) is 46.1 Å². The van der Waals surface area contributed by atoms with Crippen LogP contribution in [0.5, 0.6) is 0 Å². The van der Waals surface area contributed by atoms with Gasteiger partial charge in [-0.1, -0.05) is 6.07 Å². The fourth-order valence-corrected chi connectivity index (χ4v) is 2.11. The summed E-state index contributed by atoms with van der Waals surface area (Å²) in [6.07, 6.45) is 3.63. The fourth-order valence-electron chi connectivity index (χ4n) is 2.11. The van der Waals surface area contributed by atoms with E-state index in [0.717, 1.165) is 16.8 Å². The summed E-state index contributed by atoms with van der Waals surface area (Å²) in [5, 5.41) is 7.20. The number of nitrogens with zero attached hydrogens (tertiary/aromatic N) is 1. The lowest BCUT2D eigenvalue weighted by molar-refractivity contribution is -0.115. The second-order valence-electron chi connectivity index (χ2n) is 4.18. The number of aromatic nitrogens is 1. The minimum atomic E-state index is -0.0345. The molecule has 4 nitrogen and oxygen atoms in total. The Labute approximate surface area is 98.9 Å². The summed E-state index contributed by atoms with van der Waals surface area (Å²) in [7, 11) is 2.02. The first-order valence-electron chi connectivity index (χ1n) is 5.53. The van der Waals surface area contributed by atoms with Crippen molar-refractivity contribution in [3.8, 4) is 0 Å². The van der Waals surface area contributed by atoms with Gasteiger partial charge >= 0.3 is 0 Å². The Kier molecular flexibility index (Phi) is 2.14. The van der Waals surface area contributed by atoms with E-state index >= 15 is 0 Å². The Balaban J connectivity index is 2.00. The molecular formula is C13H13N3O. The van der Waals surface area contributed by atoms with Gasteiger partial charge < -0.3 is 15.2 Å². The third-order valence-corrected chi connectivity index (χ3v) is 2.98. The first kappa shape index (κ1) is 9.96. The molecule has 0 saturated heterocycles. The number of hydrogen-bond acceptors (Lipinski definition) is 2. The summed E-state index contributed by atoms with van der Waals surface area (Å²) in [5.74, 6) is -0.0345. The van der Waals surface area contributed by atoms with Crippen molar-refractivity contribution >= 4 is 22.5 Å². The zero-order chi connectivity index (χ0) is 11.8. The van der Waals surface area contributed by atoms with Gasteiger partial charge in [-0.05, 0) is 18.2 Å². The molecule has 0 fully saturated rings. The zero-order valence-electron chi connectivity index (χ0n) is 9.53. The number of benzene rings is 1. The molecular weight excluding hydrogens is 214 g/mol. The summed E-state index contributed by atoms with van der Waals surface area (Å²) in [4.78, 5) is 11.1. The number of nitrogens with one attached hydrogen (secondary N) is 2. The van der Waals surface area contributed by atoms with Crippen molar-refractivity contribution in [2.24, 2.45) is 7.05 Å². The lowest BCUT2D eigenvalue weighted by Crippen LogP contribution is -2.16. The van der Waals surface area contributed by atoms with Crippen molar-refractivity contribution in [1.29, 1.82) is 0 Å². The molecule has 0 bridgehead atoms. The van der Waals surface area contributed by atoms with Crippen molar-refractivity contribution < 1.29 is 4.79 Å². The quantitative estimate of drug-likeness (QED) is 0.818. The van der Waals surface area contributed by atoms with Gasteiger partial charge in [-0.3, -0.25) is 4.79 Å². The first-order chi connectivity index (χ1) is 8.24. The van der Waals surface area contributed by atoms with E-state index < -0.39 is 0 Å². The van der Waals surface area contributed by atoms with Crippen LogP contribution in [-0.2, 0) is 11.8 Å². The van der Waals surface area contributed by atoms with Gasteiger partial charge in [0.05, 0.1) is 6.54 Å². The van der Waals surface area contributed by atoms with E-state index in [1.54, 1.807) is 6.08 Å². The number of carbonyl (C=O) groups excluding carboxylic acids is 1. The summed E-state index contributed by atoms with van der Waals surface area (Å²) < 4.78 is 2.08. The molecule has 1 aliphatic heterocycles. The van der Waals surface area contributed by atoms with Crippen LogP contribution in [0.2, 0.25) is 0 Å². The Morgan fingerprint density at radius 1 is 1.35 bits per heavy atom. The Hall–Kier alpha value is -2.23. The van der Waals surface area contributed by atoms with E-state index in [0.29, 0.717) is 6.54 Å². The molecule has 1 aromatic heterocycles. The summed E-state index contributed by atoms with van der Waals surface area (Å²) in [6, 6.07) is 8.18. The highest BCUT2D eigenvalue weighted by atomic mass is 16.1. The van der Waals surface area contributed by atoms with Crippen LogP contribution >= 0.6 is 0 Å². The molecule has 17 heavy (non-hydrogen) atoms. The number of aryl methyl sites for hydroxylation is 1. The highest BCUT2D eigenvalue weighted by Gasteiger charge is 2.11. The lowest BCUT2D eigenvalue weighted by atomic mass is 10.2. The maximum absolute atomic E-state index is 11.1. The first-order valence-corrected chi connectivity index (χ1v) is 5.53. The maximum Gasteiger partial charge on any atom is 0.246 e. The monoisotopic (exact) mass is 227 g/mol. The van der Waals surface area contributed by atoms with Gasteiger partial charge in [0, 0.05) is 41.6 Å². The third-order valence-electron chi connectivity index (χ3n) is 2.98. The van der Waals surface area contributed by atoms with Crippen LogP contribution in [-0.4, -0.2) is 17.0 Å². The molecule has 1 aromatic carbocycles. The van der Waals surface area contributed by atoms with E-state index in [-0.39, 0.29) is 5.91 Å². The summed E-state index contributed by atoms with van der Waals surface area (Å²) >= 11 is 0. The van der Waals surface area contributed by atoms with Crippen LogP contribution in [0.4, 0.5) is 5.69 Å². The van der Waals surface area contributed by atoms with Crippen LogP contribution in [0.3, 0.4) is 0 Å². The molecule has 3 rings (SSSR count). The van der Waals surface area contributed by atoms with E-state index in [1.165, 1.54) is 5.52 Å². The van der Waals surface area contributed by atoms with Crippen molar-refractivity contribution in [3.63, 3.8) is 0 Å².